The first-order chi connectivity index (χ1) is 10.3. The van der Waals surface area contributed by atoms with Gasteiger partial charge >= 0.3 is 0 Å². The van der Waals surface area contributed by atoms with E-state index in [2.05, 4.69) is 22.1 Å². The number of aliphatic hydroxyl groups is 1. The van der Waals surface area contributed by atoms with E-state index in [1.807, 2.05) is 0 Å². The first kappa shape index (κ1) is 14.8. The van der Waals surface area contributed by atoms with Crippen molar-refractivity contribution in [1.29, 1.82) is 0 Å². The zero-order valence-corrected chi connectivity index (χ0v) is 12.6. The Kier molecular flexibility index (Phi) is 4.79. The number of piperazine rings is 1. The number of amides is 1. The highest BCUT2D eigenvalue weighted by atomic mass is 16.3. The van der Waals surface area contributed by atoms with Gasteiger partial charge in [0, 0.05) is 25.0 Å². The van der Waals surface area contributed by atoms with Gasteiger partial charge in [0.15, 0.2) is 0 Å². The lowest BCUT2D eigenvalue weighted by atomic mass is 9.99. The Morgan fingerprint density at radius 2 is 2.05 bits per heavy atom. The first-order valence-corrected chi connectivity index (χ1v) is 8.15. The van der Waals surface area contributed by atoms with Crippen LogP contribution in [-0.4, -0.2) is 72.2 Å². The summed E-state index contributed by atoms with van der Waals surface area (Å²) >= 11 is 0. The monoisotopic (exact) mass is 291 g/mol. The third kappa shape index (κ3) is 3.39. The van der Waals surface area contributed by atoms with Crippen LogP contribution in [0.15, 0.2) is 0 Å². The molecule has 116 valence electrons. The fraction of sp³-hybridized carbons (Fsp3) is 0.812. The number of hydrogen-bond acceptors (Lipinski definition) is 4. The molecule has 3 fully saturated rings. The van der Waals surface area contributed by atoms with Gasteiger partial charge in [0.25, 0.3) is 5.91 Å². The Labute approximate surface area is 126 Å². The maximum Gasteiger partial charge on any atom is 0.298 e. The van der Waals surface area contributed by atoms with E-state index in [9.17, 15) is 9.90 Å². The zero-order chi connectivity index (χ0) is 14.7. The molecule has 0 spiro atoms. The smallest absolute Gasteiger partial charge is 0.298 e. The summed E-state index contributed by atoms with van der Waals surface area (Å²) in [5.74, 6) is 6.24. The molecule has 0 radical (unpaired) electrons. The minimum atomic E-state index is -0.0980. The molecule has 21 heavy (non-hydrogen) atoms. The van der Waals surface area contributed by atoms with Crippen molar-refractivity contribution in [2.45, 2.75) is 37.8 Å². The summed E-state index contributed by atoms with van der Waals surface area (Å²) in [5, 5.41) is 12.9. The third-order valence-corrected chi connectivity index (χ3v) is 4.99. The molecule has 0 aromatic rings. The van der Waals surface area contributed by atoms with Crippen LogP contribution in [0.3, 0.4) is 0 Å². The lowest BCUT2D eigenvalue weighted by Crippen LogP contribution is -2.58. The van der Waals surface area contributed by atoms with E-state index in [1.165, 1.54) is 6.42 Å². The molecule has 5 heteroatoms. The molecule has 3 heterocycles. The fourth-order valence-corrected chi connectivity index (χ4v) is 3.69. The SMILES string of the molecule is O=C(C#CC1CCNCC1)N1C[C@@H]2CCCN2C[C@@H]1CO. The molecule has 1 amide bonds. The van der Waals surface area contributed by atoms with Crippen molar-refractivity contribution < 1.29 is 9.90 Å². The number of fused-ring (bicyclic) bond motifs is 1. The van der Waals surface area contributed by atoms with E-state index in [0.29, 0.717) is 12.0 Å². The summed E-state index contributed by atoms with van der Waals surface area (Å²) in [6.45, 7) is 4.64. The van der Waals surface area contributed by atoms with Gasteiger partial charge in [-0.15, -0.1) is 0 Å². The summed E-state index contributed by atoms with van der Waals surface area (Å²) in [5.41, 5.74) is 0. The van der Waals surface area contributed by atoms with Crippen LogP contribution in [0.4, 0.5) is 0 Å². The van der Waals surface area contributed by atoms with Crippen LogP contribution >= 0.6 is 0 Å². The van der Waals surface area contributed by atoms with Gasteiger partial charge in [-0.25, -0.2) is 0 Å². The van der Waals surface area contributed by atoms with Crippen LogP contribution in [-0.2, 0) is 4.79 Å². The standard InChI is InChI=1S/C16H25N3O2/c20-12-15-10-18-9-1-2-14(18)11-19(15)16(21)4-3-13-5-7-17-8-6-13/h13-15,17,20H,1-2,5-12H2/t14-,15+/m0/s1. The van der Waals surface area contributed by atoms with E-state index >= 15 is 0 Å². The van der Waals surface area contributed by atoms with Gasteiger partial charge in [-0.1, -0.05) is 5.92 Å². The molecular formula is C16H25N3O2. The summed E-state index contributed by atoms with van der Waals surface area (Å²) < 4.78 is 0. The molecule has 2 N–H and O–H groups in total. The van der Waals surface area contributed by atoms with Crippen molar-refractivity contribution >= 4 is 5.91 Å². The average Bonchev–Trinajstić information content (AvgIpc) is 2.99. The van der Waals surface area contributed by atoms with E-state index in [0.717, 1.165) is 52.0 Å². The van der Waals surface area contributed by atoms with E-state index in [1.54, 1.807) is 4.90 Å². The zero-order valence-electron chi connectivity index (χ0n) is 12.6. The summed E-state index contributed by atoms with van der Waals surface area (Å²) in [7, 11) is 0. The van der Waals surface area contributed by atoms with E-state index in [4.69, 9.17) is 0 Å². The van der Waals surface area contributed by atoms with Crippen LogP contribution in [0.2, 0.25) is 0 Å². The second-order valence-corrected chi connectivity index (χ2v) is 6.38. The minimum Gasteiger partial charge on any atom is -0.394 e. The van der Waals surface area contributed by atoms with Gasteiger partial charge in [-0.3, -0.25) is 9.69 Å². The second kappa shape index (κ2) is 6.78. The van der Waals surface area contributed by atoms with Crippen LogP contribution < -0.4 is 5.32 Å². The van der Waals surface area contributed by atoms with Crippen LogP contribution in [0.1, 0.15) is 25.7 Å². The molecular weight excluding hydrogens is 266 g/mol. The Morgan fingerprint density at radius 1 is 1.24 bits per heavy atom. The maximum atomic E-state index is 12.4. The largest absolute Gasteiger partial charge is 0.394 e. The first-order valence-electron chi connectivity index (χ1n) is 8.15. The quantitative estimate of drug-likeness (QED) is 0.649. The van der Waals surface area contributed by atoms with Gasteiger partial charge in [0.05, 0.1) is 12.6 Å². The van der Waals surface area contributed by atoms with Crippen molar-refractivity contribution in [2.24, 2.45) is 5.92 Å². The molecule has 3 rings (SSSR count). The molecule has 3 saturated heterocycles. The normalized spacial score (nSPS) is 30.6. The topological polar surface area (TPSA) is 55.8 Å². The van der Waals surface area contributed by atoms with Crippen LogP contribution in [0.25, 0.3) is 0 Å². The molecule has 2 atom stereocenters. The predicted octanol–water partition coefficient (Wildman–Crippen LogP) is -0.343. The highest BCUT2D eigenvalue weighted by Crippen LogP contribution is 2.24. The van der Waals surface area contributed by atoms with Gasteiger partial charge < -0.3 is 15.3 Å². The van der Waals surface area contributed by atoms with Crippen molar-refractivity contribution in [1.82, 2.24) is 15.1 Å². The lowest BCUT2D eigenvalue weighted by Gasteiger charge is -2.42. The number of carbonyl (C=O) groups is 1. The number of aliphatic hydroxyl groups excluding tert-OH is 1. The number of rotatable bonds is 1. The molecule has 0 aromatic heterocycles. The molecule has 0 saturated carbocycles. The Morgan fingerprint density at radius 3 is 2.81 bits per heavy atom. The Bertz CT molecular complexity index is 437. The number of nitrogens with zero attached hydrogens (tertiary/aromatic N) is 2. The average molecular weight is 291 g/mol. The molecule has 5 nitrogen and oxygen atoms in total. The second-order valence-electron chi connectivity index (χ2n) is 6.38. The highest BCUT2D eigenvalue weighted by Gasteiger charge is 2.37. The summed E-state index contributed by atoms with van der Waals surface area (Å²) in [6, 6.07) is 0.381. The van der Waals surface area contributed by atoms with Crippen molar-refractivity contribution in [2.75, 3.05) is 39.3 Å². The Hall–Kier alpha value is -1.09. The molecule has 0 unspecified atom stereocenters. The van der Waals surface area contributed by atoms with Crippen LogP contribution in [0.5, 0.6) is 0 Å². The van der Waals surface area contributed by atoms with Gasteiger partial charge in [0.2, 0.25) is 0 Å². The van der Waals surface area contributed by atoms with E-state index in [-0.39, 0.29) is 18.6 Å². The molecule has 0 aromatic carbocycles. The molecule has 3 aliphatic rings. The Balaban J connectivity index is 1.63. The predicted molar refractivity (Wildman–Crippen MR) is 80.6 cm³/mol. The number of piperidine rings is 1. The molecule has 0 aliphatic carbocycles. The number of hydrogen-bond donors (Lipinski definition) is 2. The number of carbonyl (C=O) groups excluding carboxylic acids is 1. The lowest BCUT2D eigenvalue weighted by molar-refractivity contribution is -0.132. The molecule has 3 aliphatic heterocycles. The summed E-state index contributed by atoms with van der Waals surface area (Å²) in [4.78, 5) is 16.6. The van der Waals surface area contributed by atoms with Crippen LogP contribution in [0, 0.1) is 17.8 Å². The van der Waals surface area contributed by atoms with Crippen molar-refractivity contribution in [3.63, 3.8) is 0 Å². The van der Waals surface area contributed by atoms with Gasteiger partial charge in [-0.05, 0) is 51.2 Å². The van der Waals surface area contributed by atoms with Crippen molar-refractivity contribution in [3.05, 3.63) is 0 Å². The maximum absolute atomic E-state index is 12.4. The summed E-state index contributed by atoms with van der Waals surface area (Å²) in [6.07, 6.45) is 4.41. The van der Waals surface area contributed by atoms with Gasteiger partial charge in [-0.2, -0.15) is 0 Å². The van der Waals surface area contributed by atoms with Crippen molar-refractivity contribution in [3.8, 4) is 11.8 Å². The molecule has 0 bridgehead atoms. The van der Waals surface area contributed by atoms with E-state index < -0.39 is 0 Å². The number of nitrogens with one attached hydrogen (secondary N) is 1. The van der Waals surface area contributed by atoms with Gasteiger partial charge in [0.1, 0.15) is 0 Å². The minimum absolute atomic E-state index is 0.0317. The third-order valence-electron chi connectivity index (χ3n) is 4.99. The highest BCUT2D eigenvalue weighted by molar-refractivity contribution is 5.94. The fourth-order valence-electron chi connectivity index (χ4n) is 3.69.